The number of benzene rings is 1. The number of amides is 1. The smallest absolute Gasteiger partial charge is 0.337 e. The molecule has 0 radical (unpaired) electrons. The van der Waals surface area contributed by atoms with Crippen molar-refractivity contribution in [3.8, 4) is 0 Å². The van der Waals surface area contributed by atoms with Gasteiger partial charge in [-0.2, -0.15) is 0 Å². The second kappa shape index (κ2) is 6.33. The number of carboxylic acids is 1. The number of nitrogens with one attached hydrogen (secondary N) is 1. The third kappa shape index (κ3) is 3.55. The van der Waals surface area contributed by atoms with Crippen LogP contribution in [0.15, 0.2) is 21.1 Å². The lowest BCUT2D eigenvalue weighted by Gasteiger charge is -2.14. The van der Waals surface area contributed by atoms with Crippen LogP contribution in [0.4, 0.5) is 5.69 Å². The number of hydrogen-bond donors (Lipinski definition) is 2. The molecule has 0 aromatic heterocycles. The average Bonchev–Trinajstić information content (AvgIpc) is 2.30. The molecule has 0 saturated carbocycles. The van der Waals surface area contributed by atoms with Crippen LogP contribution in [0.1, 0.15) is 30.6 Å². The van der Waals surface area contributed by atoms with Crippen molar-refractivity contribution in [1.29, 1.82) is 0 Å². The van der Waals surface area contributed by atoms with Crippen LogP contribution in [0.5, 0.6) is 0 Å². The van der Waals surface area contributed by atoms with Crippen LogP contribution in [-0.4, -0.2) is 17.0 Å². The minimum atomic E-state index is -1.09. The van der Waals surface area contributed by atoms with Crippen LogP contribution in [0, 0.1) is 5.92 Å². The molecule has 1 rings (SSSR count). The maximum atomic E-state index is 11.8. The Morgan fingerprint density at radius 2 is 2.00 bits per heavy atom. The molecule has 0 aliphatic rings. The lowest BCUT2D eigenvalue weighted by molar-refractivity contribution is -0.119. The van der Waals surface area contributed by atoms with Gasteiger partial charge in [0.05, 0.1) is 11.3 Å². The minimum absolute atomic E-state index is 0.0490. The van der Waals surface area contributed by atoms with E-state index in [9.17, 15) is 9.59 Å². The molecular weight excluding hydrogens is 366 g/mol. The van der Waals surface area contributed by atoms with Crippen LogP contribution < -0.4 is 5.32 Å². The summed E-state index contributed by atoms with van der Waals surface area (Å²) in [4.78, 5) is 23.0. The first-order chi connectivity index (χ1) is 8.36. The highest BCUT2D eigenvalue weighted by molar-refractivity contribution is 9.11. The molecule has 1 amide bonds. The van der Waals surface area contributed by atoms with Crippen LogP contribution in [0.25, 0.3) is 0 Å². The fourth-order valence-electron chi connectivity index (χ4n) is 1.30. The van der Waals surface area contributed by atoms with Crippen molar-refractivity contribution >= 4 is 49.4 Å². The molecule has 6 heteroatoms. The Morgan fingerprint density at radius 1 is 1.39 bits per heavy atom. The molecule has 1 aromatic rings. The first kappa shape index (κ1) is 15.2. The number of aromatic carboxylic acids is 1. The van der Waals surface area contributed by atoms with Gasteiger partial charge in [-0.05, 0) is 34.5 Å². The van der Waals surface area contributed by atoms with Crippen LogP contribution >= 0.6 is 31.9 Å². The van der Waals surface area contributed by atoms with Crippen LogP contribution in [0.3, 0.4) is 0 Å². The third-order valence-electron chi connectivity index (χ3n) is 2.59. The molecule has 0 saturated heterocycles. The van der Waals surface area contributed by atoms with Gasteiger partial charge >= 0.3 is 5.97 Å². The second-order valence-corrected chi connectivity index (χ2v) is 5.68. The summed E-state index contributed by atoms with van der Waals surface area (Å²) in [6, 6.07) is 3.15. The maximum Gasteiger partial charge on any atom is 0.337 e. The van der Waals surface area contributed by atoms with Gasteiger partial charge in [0.25, 0.3) is 0 Å². The molecule has 0 aliphatic carbocycles. The van der Waals surface area contributed by atoms with Gasteiger partial charge in [0.15, 0.2) is 0 Å². The van der Waals surface area contributed by atoms with E-state index in [-0.39, 0.29) is 23.1 Å². The Kier molecular flexibility index (Phi) is 5.34. The van der Waals surface area contributed by atoms with E-state index in [0.29, 0.717) is 15.4 Å². The number of carboxylic acid groups (broad SMARTS) is 1. The number of carbonyl (C=O) groups is 2. The molecule has 0 bridgehead atoms. The molecule has 1 aromatic carbocycles. The van der Waals surface area contributed by atoms with E-state index in [2.05, 4.69) is 37.2 Å². The Bertz CT molecular complexity index is 488. The molecule has 98 valence electrons. The molecule has 2 N–H and O–H groups in total. The van der Waals surface area contributed by atoms with Gasteiger partial charge in [-0.25, -0.2) is 4.79 Å². The van der Waals surface area contributed by atoms with Gasteiger partial charge in [0.2, 0.25) is 5.91 Å². The van der Waals surface area contributed by atoms with Crippen LogP contribution in [-0.2, 0) is 4.79 Å². The Morgan fingerprint density at radius 3 is 2.50 bits per heavy atom. The number of carbonyl (C=O) groups excluding carboxylic acids is 1. The van der Waals surface area contributed by atoms with Crippen molar-refractivity contribution in [3.05, 3.63) is 26.6 Å². The lowest BCUT2D eigenvalue weighted by atomic mass is 10.1. The monoisotopic (exact) mass is 377 g/mol. The Balaban J connectivity index is 3.15. The SMILES string of the molecule is CCC(C)C(=O)Nc1c(Br)cc(Br)cc1C(=O)O. The quantitative estimate of drug-likeness (QED) is 0.834. The van der Waals surface area contributed by atoms with Crippen molar-refractivity contribution in [3.63, 3.8) is 0 Å². The fourth-order valence-corrected chi connectivity index (χ4v) is 2.63. The fraction of sp³-hybridized carbons (Fsp3) is 0.333. The van der Waals surface area contributed by atoms with E-state index in [1.54, 1.807) is 13.0 Å². The first-order valence-electron chi connectivity index (χ1n) is 5.40. The zero-order valence-electron chi connectivity index (χ0n) is 9.96. The van der Waals surface area contributed by atoms with Crippen molar-refractivity contribution in [1.82, 2.24) is 0 Å². The van der Waals surface area contributed by atoms with Crippen molar-refractivity contribution in [2.75, 3.05) is 5.32 Å². The lowest BCUT2D eigenvalue weighted by Crippen LogP contribution is -2.21. The first-order valence-corrected chi connectivity index (χ1v) is 6.98. The van der Waals surface area contributed by atoms with E-state index in [1.165, 1.54) is 6.07 Å². The summed E-state index contributed by atoms with van der Waals surface area (Å²) in [5.41, 5.74) is 0.337. The van der Waals surface area contributed by atoms with Gasteiger partial charge in [-0.15, -0.1) is 0 Å². The van der Waals surface area contributed by atoms with Gasteiger partial charge in [-0.1, -0.05) is 29.8 Å². The number of hydrogen-bond acceptors (Lipinski definition) is 2. The summed E-state index contributed by atoms with van der Waals surface area (Å²) in [5, 5.41) is 11.8. The molecular formula is C12H13Br2NO3. The van der Waals surface area contributed by atoms with Gasteiger partial charge < -0.3 is 10.4 Å². The van der Waals surface area contributed by atoms with Gasteiger partial charge in [-0.3, -0.25) is 4.79 Å². The molecule has 0 spiro atoms. The largest absolute Gasteiger partial charge is 0.478 e. The molecule has 18 heavy (non-hydrogen) atoms. The molecule has 4 nitrogen and oxygen atoms in total. The molecule has 0 fully saturated rings. The summed E-state index contributed by atoms with van der Waals surface area (Å²) in [7, 11) is 0. The van der Waals surface area contributed by atoms with Crippen molar-refractivity contribution < 1.29 is 14.7 Å². The van der Waals surface area contributed by atoms with Gasteiger partial charge in [0.1, 0.15) is 0 Å². The van der Waals surface area contributed by atoms with Crippen molar-refractivity contribution in [2.45, 2.75) is 20.3 Å². The Labute approximate surface area is 122 Å². The molecule has 0 heterocycles. The molecule has 0 aliphatic heterocycles. The average molecular weight is 379 g/mol. The topological polar surface area (TPSA) is 66.4 Å². The third-order valence-corrected chi connectivity index (χ3v) is 3.68. The number of rotatable bonds is 4. The highest BCUT2D eigenvalue weighted by Crippen LogP contribution is 2.31. The summed E-state index contributed by atoms with van der Waals surface area (Å²) < 4.78 is 1.17. The predicted molar refractivity (Wildman–Crippen MR) is 76.9 cm³/mol. The van der Waals surface area contributed by atoms with E-state index in [4.69, 9.17) is 5.11 Å². The normalized spacial score (nSPS) is 12.0. The highest BCUT2D eigenvalue weighted by Gasteiger charge is 2.19. The highest BCUT2D eigenvalue weighted by atomic mass is 79.9. The van der Waals surface area contributed by atoms with E-state index in [1.807, 2.05) is 6.92 Å². The zero-order chi connectivity index (χ0) is 13.9. The van der Waals surface area contributed by atoms with Crippen molar-refractivity contribution in [2.24, 2.45) is 5.92 Å². The molecule has 1 atom stereocenters. The summed E-state index contributed by atoms with van der Waals surface area (Å²) in [6.07, 6.45) is 0.697. The van der Waals surface area contributed by atoms with Crippen LogP contribution in [0.2, 0.25) is 0 Å². The summed E-state index contributed by atoms with van der Waals surface area (Å²) in [6.45, 7) is 3.70. The number of halogens is 2. The Hall–Kier alpha value is -0.880. The zero-order valence-corrected chi connectivity index (χ0v) is 13.1. The standard InChI is InChI=1S/C12H13Br2NO3/c1-3-6(2)11(16)15-10-8(12(17)18)4-7(13)5-9(10)14/h4-6H,3H2,1-2H3,(H,15,16)(H,17,18). The van der Waals surface area contributed by atoms with E-state index in [0.717, 1.165) is 0 Å². The van der Waals surface area contributed by atoms with E-state index < -0.39 is 5.97 Å². The van der Waals surface area contributed by atoms with E-state index >= 15 is 0 Å². The van der Waals surface area contributed by atoms with Gasteiger partial charge in [0, 0.05) is 14.9 Å². The minimum Gasteiger partial charge on any atom is -0.478 e. The number of anilines is 1. The summed E-state index contributed by atoms with van der Waals surface area (Å²) in [5.74, 6) is -1.44. The second-order valence-electron chi connectivity index (χ2n) is 3.91. The maximum absolute atomic E-state index is 11.8. The summed E-state index contributed by atoms with van der Waals surface area (Å²) >= 11 is 6.48. The predicted octanol–water partition coefficient (Wildman–Crippen LogP) is 3.89. The molecule has 1 unspecified atom stereocenters.